The molecule has 0 saturated carbocycles. The van der Waals surface area contributed by atoms with E-state index in [0.29, 0.717) is 16.7 Å². The van der Waals surface area contributed by atoms with Crippen molar-refractivity contribution in [2.24, 2.45) is 0 Å². The summed E-state index contributed by atoms with van der Waals surface area (Å²) in [6.45, 7) is 0. The minimum absolute atomic E-state index is 0.0962. The van der Waals surface area contributed by atoms with Crippen molar-refractivity contribution in [1.82, 2.24) is 4.98 Å². The Morgan fingerprint density at radius 1 is 0.727 bits per heavy atom. The van der Waals surface area contributed by atoms with Crippen molar-refractivity contribution in [1.29, 1.82) is 0 Å². The Morgan fingerprint density at radius 2 is 1.36 bits per heavy atom. The van der Waals surface area contributed by atoms with E-state index in [1.807, 2.05) is 42.5 Å². The average Bonchev–Trinajstić information content (AvgIpc) is 3.57. The van der Waals surface area contributed by atoms with Crippen LogP contribution in [0.5, 0.6) is 0 Å². The SMILES string of the molecule is O=C1C(=Cc2nc3sc(-c4cc5ccccc5s4)cc3o2)C(=O)c2cc3ccccc3cc21. The van der Waals surface area contributed by atoms with E-state index < -0.39 is 0 Å². The molecule has 3 aromatic heterocycles. The van der Waals surface area contributed by atoms with Crippen molar-refractivity contribution in [3.05, 3.63) is 95.4 Å². The van der Waals surface area contributed by atoms with E-state index in [4.69, 9.17) is 4.42 Å². The minimum Gasteiger partial charge on any atom is -0.436 e. The van der Waals surface area contributed by atoms with Gasteiger partial charge in [-0.25, -0.2) is 0 Å². The molecule has 0 spiro atoms. The number of benzene rings is 3. The van der Waals surface area contributed by atoms with Crippen LogP contribution in [-0.2, 0) is 0 Å². The molecule has 6 aromatic rings. The largest absolute Gasteiger partial charge is 0.436 e. The Hall–Kier alpha value is -3.87. The molecule has 0 saturated heterocycles. The van der Waals surface area contributed by atoms with Crippen LogP contribution < -0.4 is 0 Å². The van der Waals surface area contributed by atoms with Crippen LogP contribution in [-0.4, -0.2) is 16.6 Å². The lowest BCUT2D eigenvalue weighted by Crippen LogP contribution is -2.00. The van der Waals surface area contributed by atoms with Gasteiger partial charge in [-0.3, -0.25) is 9.59 Å². The number of allylic oxidation sites excluding steroid dienone is 1. The number of nitrogens with zero attached hydrogens (tertiary/aromatic N) is 1. The second kappa shape index (κ2) is 6.81. The number of hydrogen-bond donors (Lipinski definition) is 0. The van der Waals surface area contributed by atoms with Gasteiger partial charge in [-0.2, -0.15) is 4.98 Å². The lowest BCUT2D eigenvalue weighted by Gasteiger charge is -2.00. The summed E-state index contributed by atoms with van der Waals surface area (Å²) in [5, 5.41) is 3.08. The third kappa shape index (κ3) is 2.85. The Labute approximate surface area is 195 Å². The van der Waals surface area contributed by atoms with Crippen LogP contribution in [0.2, 0.25) is 0 Å². The molecule has 33 heavy (non-hydrogen) atoms. The second-order valence-electron chi connectivity index (χ2n) is 7.94. The highest BCUT2D eigenvalue weighted by molar-refractivity contribution is 7.28. The Balaban J connectivity index is 1.26. The monoisotopic (exact) mass is 463 g/mol. The van der Waals surface area contributed by atoms with Crippen LogP contribution in [0, 0.1) is 0 Å². The molecule has 0 bridgehead atoms. The van der Waals surface area contributed by atoms with Crippen molar-refractivity contribution in [2.45, 2.75) is 0 Å². The third-order valence-corrected chi connectivity index (χ3v) is 8.23. The van der Waals surface area contributed by atoms with Gasteiger partial charge < -0.3 is 4.42 Å². The fraction of sp³-hybridized carbons (Fsp3) is 0. The van der Waals surface area contributed by atoms with Crippen molar-refractivity contribution < 1.29 is 14.0 Å². The van der Waals surface area contributed by atoms with Crippen LogP contribution in [0.3, 0.4) is 0 Å². The van der Waals surface area contributed by atoms with Crippen LogP contribution >= 0.6 is 22.7 Å². The summed E-state index contributed by atoms with van der Waals surface area (Å²) in [5.74, 6) is -0.297. The molecule has 1 aliphatic carbocycles. The predicted octanol–water partition coefficient (Wildman–Crippen LogP) is 7.39. The van der Waals surface area contributed by atoms with Gasteiger partial charge in [-0.15, -0.1) is 22.7 Å². The zero-order chi connectivity index (χ0) is 22.1. The fourth-order valence-corrected chi connectivity index (χ4v) is 6.40. The molecule has 0 fully saturated rings. The molecule has 1 aliphatic rings. The topological polar surface area (TPSA) is 60.2 Å². The summed E-state index contributed by atoms with van der Waals surface area (Å²) in [7, 11) is 0. The van der Waals surface area contributed by atoms with Crippen molar-refractivity contribution in [3.63, 3.8) is 0 Å². The maximum absolute atomic E-state index is 13.0. The number of fused-ring (bicyclic) bond motifs is 4. The maximum atomic E-state index is 13.0. The molecule has 7 rings (SSSR count). The first-order valence-corrected chi connectivity index (χ1v) is 12.0. The predicted molar refractivity (Wildman–Crippen MR) is 133 cm³/mol. The number of ketones is 2. The minimum atomic E-state index is -0.284. The summed E-state index contributed by atoms with van der Waals surface area (Å²) < 4.78 is 7.14. The van der Waals surface area contributed by atoms with Gasteiger partial charge in [0.1, 0.15) is 0 Å². The Morgan fingerprint density at radius 3 is 2.03 bits per heavy atom. The van der Waals surface area contributed by atoms with Crippen molar-refractivity contribution >= 4 is 71.6 Å². The van der Waals surface area contributed by atoms with E-state index in [0.717, 1.165) is 25.4 Å². The molecule has 4 nitrogen and oxygen atoms in total. The first kappa shape index (κ1) is 18.7. The number of rotatable bonds is 2. The number of thiophene rings is 2. The first-order chi connectivity index (χ1) is 16.1. The average molecular weight is 464 g/mol. The van der Waals surface area contributed by atoms with E-state index >= 15 is 0 Å². The van der Waals surface area contributed by atoms with E-state index in [9.17, 15) is 9.59 Å². The van der Waals surface area contributed by atoms with Crippen LogP contribution in [0.4, 0.5) is 0 Å². The molecule has 3 aromatic carbocycles. The number of carbonyl (C=O) groups is 2. The molecular formula is C27H13NO3S2. The Kier molecular flexibility index (Phi) is 3.86. The fourth-order valence-electron chi connectivity index (χ4n) is 4.30. The first-order valence-electron chi connectivity index (χ1n) is 10.4. The summed E-state index contributed by atoms with van der Waals surface area (Å²) in [5.41, 5.74) is 1.62. The molecule has 0 radical (unpaired) electrons. The van der Waals surface area contributed by atoms with Gasteiger partial charge in [-0.1, -0.05) is 42.5 Å². The molecule has 0 amide bonds. The van der Waals surface area contributed by atoms with Crippen LogP contribution in [0.15, 0.2) is 82.8 Å². The maximum Gasteiger partial charge on any atom is 0.221 e. The summed E-state index contributed by atoms with van der Waals surface area (Å²) >= 11 is 3.27. The molecule has 156 valence electrons. The summed E-state index contributed by atoms with van der Waals surface area (Å²) in [6.07, 6.45) is 1.47. The van der Waals surface area contributed by atoms with Gasteiger partial charge in [0.2, 0.25) is 5.89 Å². The summed E-state index contributed by atoms with van der Waals surface area (Å²) in [4.78, 5) is 33.5. The van der Waals surface area contributed by atoms with E-state index in [2.05, 4.69) is 23.2 Å². The molecular weight excluding hydrogens is 450 g/mol. The highest BCUT2D eigenvalue weighted by Gasteiger charge is 2.34. The molecule has 3 heterocycles. The van der Waals surface area contributed by atoms with Gasteiger partial charge in [0.15, 0.2) is 22.0 Å². The molecule has 0 unspecified atom stereocenters. The van der Waals surface area contributed by atoms with Crippen molar-refractivity contribution in [3.8, 4) is 9.75 Å². The highest BCUT2D eigenvalue weighted by atomic mass is 32.1. The van der Waals surface area contributed by atoms with Gasteiger partial charge in [-0.05, 0) is 40.4 Å². The van der Waals surface area contributed by atoms with Gasteiger partial charge in [0, 0.05) is 32.8 Å². The Bertz CT molecular complexity index is 1690. The normalized spacial score (nSPS) is 13.5. The zero-order valence-corrected chi connectivity index (χ0v) is 18.6. The van der Waals surface area contributed by atoms with Crippen molar-refractivity contribution in [2.75, 3.05) is 0 Å². The molecule has 0 aliphatic heterocycles. The highest BCUT2D eigenvalue weighted by Crippen LogP contribution is 2.40. The number of aromatic nitrogens is 1. The smallest absolute Gasteiger partial charge is 0.221 e. The van der Waals surface area contributed by atoms with Gasteiger partial charge >= 0.3 is 0 Å². The number of oxazole rings is 1. The van der Waals surface area contributed by atoms with Crippen LogP contribution in [0.1, 0.15) is 26.6 Å². The quantitative estimate of drug-likeness (QED) is 0.198. The molecule has 6 heteroatoms. The lowest BCUT2D eigenvalue weighted by molar-refractivity contribution is 0.0990. The van der Waals surface area contributed by atoms with E-state index in [-0.39, 0.29) is 23.0 Å². The van der Waals surface area contributed by atoms with Crippen LogP contribution in [0.25, 0.3) is 47.1 Å². The standard InChI is InChI=1S/C27H13NO3S2/c29-25-17-9-14-5-1-2-6-15(14)10-18(17)26(30)19(25)12-24-28-27-20(31-24)13-23(33-27)22-11-16-7-3-4-8-21(16)32-22/h1-13H. The molecule has 0 atom stereocenters. The second-order valence-corrected chi connectivity index (χ2v) is 10.1. The van der Waals surface area contributed by atoms with E-state index in [1.54, 1.807) is 34.8 Å². The van der Waals surface area contributed by atoms with Gasteiger partial charge in [0.05, 0.1) is 10.5 Å². The number of Topliss-reactive ketones (excluding diaryl/α,β-unsaturated/α-hetero) is 2. The van der Waals surface area contributed by atoms with Gasteiger partial charge in [0.25, 0.3) is 0 Å². The third-order valence-electron chi connectivity index (χ3n) is 5.91. The van der Waals surface area contributed by atoms with E-state index in [1.165, 1.54) is 16.2 Å². The molecule has 0 N–H and O–H groups in total. The number of hydrogen-bond acceptors (Lipinski definition) is 6. The summed E-state index contributed by atoms with van der Waals surface area (Å²) in [6, 6.07) is 23.7. The zero-order valence-electron chi connectivity index (χ0n) is 17.0. The lowest BCUT2D eigenvalue weighted by atomic mass is 10.0. The number of carbonyl (C=O) groups excluding carboxylic acids is 2.